The van der Waals surface area contributed by atoms with E-state index in [2.05, 4.69) is 26.1 Å². The van der Waals surface area contributed by atoms with Crippen LogP contribution in [0.25, 0.3) is 0 Å². The topological polar surface area (TPSA) is 39.7 Å². The molecule has 0 unspecified atom stereocenters. The summed E-state index contributed by atoms with van der Waals surface area (Å²) in [6, 6.07) is 0. The number of hydrogen-bond donors (Lipinski definition) is 1. The fraction of sp³-hybridized carbons (Fsp3) is 1.00. The molecule has 0 rings (SSSR count). The maximum atomic E-state index is 5.38. The molecule has 4 heteroatoms. The molecule has 0 spiro atoms. The zero-order valence-corrected chi connectivity index (χ0v) is 11.0. The van der Waals surface area contributed by atoms with Crippen molar-refractivity contribution in [3.63, 3.8) is 0 Å². The molecule has 0 aliphatic carbocycles. The molecule has 1 N–H and O–H groups in total. The van der Waals surface area contributed by atoms with E-state index in [-0.39, 0.29) is 0 Å². The van der Waals surface area contributed by atoms with Crippen LogP contribution in [0.1, 0.15) is 20.8 Å². The van der Waals surface area contributed by atoms with Crippen molar-refractivity contribution in [1.82, 2.24) is 5.32 Å². The summed E-state index contributed by atoms with van der Waals surface area (Å²) in [5.74, 6) is 0.592. The van der Waals surface area contributed by atoms with Crippen molar-refractivity contribution < 1.29 is 14.2 Å². The van der Waals surface area contributed by atoms with Gasteiger partial charge in [-0.15, -0.1) is 0 Å². The maximum absolute atomic E-state index is 5.38. The molecule has 0 saturated heterocycles. The first-order valence-corrected chi connectivity index (χ1v) is 6.21. The van der Waals surface area contributed by atoms with Gasteiger partial charge >= 0.3 is 0 Å². The van der Waals surface area contributed by atoms with Crippen LogP contribution in [0.5, 0.6) is 0 Å². The van der Waals surface area contributed by atoms with E-state index < -0.39 is 0 Å². The molecule has 0 aromatic carbocycles. The smallest absolute Gasteiger partial charge is 0.0701 e. The predicted molar refractivity (Wildman–Crippen MR) is 65.8 cm³/mol. The third kappa shape index (κ3) is 13.8. The highest BCUT2D eigenvalue weighted by molar-refractivity contribution is 4.41. The molecule has 4 nitrogen and oxygen atoms in total. The Bertz CT molecular complexity index is 131. The number of nitrogens with one attached hydrogen (secondary N) is 1. The molecule has 0 heterocycles. The lowest BCUT2D eigenvalue weighted by Crippen LogP contribution is -2.20. The highest BCUT2D eigenvalue weighted by Crippen LogP contribution is 1.91. The van der Waals surface area contributed by atoms with E-state index in [1.165, 1.54) is 0 Å². The molecule has 0 radical (unpaired) electrons. The quantitative estimate of drug-likeness (QED) is 0.516. The highest BCUT2D eigenvalue weighted by atomic mass is 16.5. The number of likely N-dealkylation sites (N-methyl/N-ethyl adjacent to an activating group) is 1. The molecule has 0 amide bonds. The lowest BCUT2D eigenvalue weighted by molar-refractivity contribution is 0.0101. The van der Waals surface area contributed by atoms with Gasteiger partial charge in [-0.3, -0.25) is 0 Å². The van der Waals surface area contributed by atoms with Gasteiger partial charge in [-0.25, -0.2) is 0 Å². The monoisotopic (exact) mass is 233 g/mol. The molecule has 0 bridgehead atoms. The molecular weight excluding hydrogens is 206 g/mol. The van der Waals surface area contributed by atoms with E-state index in [1.54, 1.807) is 0 Å². The van der Waals surface area contributed by atoms with Gasteiger partial charge in [0.15, 0.2) is 0 Å². The summed E-state index contributed by atoms with van der Waals surface area (Å²) in [6.45, 7) is 12.5. The molecule has 0 saturated carbocycles. The first-order chi connectivity index (χ1) is 7.77. The molecule has 0 aromatic rings. The lowest BCUT2D eigenvalue weighted by atomic mass is 10.2. The normalized spacial score (nSPS) is 11.2. The predicted octanol–water partition coefficient (Wildman–Crippen LogP) is 1.30. The second-order valence-electron chi connectivity index (χ2n) is 4.05. The van der Waals surface area contributed by atoms with Crippen LogP contribution < -0.4 is 5.32 Å². The van der Waals surface area contributed by atoms with E-state index in [9.17, 15) is 0 Å². The second kappa shape index (κ2) is 12.9. The molecule has 0 fully saturated rings. The van der Waals surface area contributed by atoms with Crippen LogP contribution in [0.2, 0.25) is 0 Å². The average molecular weight is 233 g/mol. The van der Waals surface area contributed by atoms with Gasteiger partial charge in [0.25, 0.3) is 0 Å². The van der Waals surface area contributed by atoms with Gasteiger partial charge in [-0.05, 0) is 12.5 Å². The minimum Gasteiger partial charge on any atom is -0.379 e. The second-order valence-corrected chi connectivity index (χ2v) is 4.05. The Morgan fingerprint density at radius 2 is 1.44 bits per heavy atom. The van der Waals surface area contributed by atoms with Crippen molar-refractivity contribution in [3.8, 4) is 0 Å². The van der Waals surface area contributed by atoms with Crippen molar-refractivity contribution in [3.05, 3.63) is 0 Å². The van der Waals surface area contributed by atoms with Crippen molar-refractivity contribution in [2.45, 2.75) is 20.8 Å². The average Bonchev–Trinajstić information content (AvgIpc) is 2.25. The van der Waals surface area contributed by atoms with Crippen LogP contribution in [0.15, 0.2) is 0 Å². The van der Waals surface area contributed by atoms with Crippen LogP contribution in [0, 0.1) is 5.92 Å². The van der Waals surface area contributed by atoms with Crippen molar-refractivity contribution in [1.29, 1.82) is 0 Å². The fourth-order valence-corrected chi connectivity index (χ4v) is 1.08. The minimum absolute atomic E-state index is 0.592. The summed E-state index contributed by atoms with van der Waals surface area (Å²) in [7, 11) is 0. The van der Waals surface area contributed by atoms with Gasteiger partial charge in [-0.1, -0.05) is 20.8 Å². The third-order valence-corrected chi connectivity index (χ3v) is 1.87. The largest absolute Gasteiger partial charge is 0.379 e. The molecular formula is C12H27NO3. The molecule has 16 heavy (non-hydrogen) atoms. The molecule has 0 aliphatic rings. The van der Waals surface area contributed by atoms with Gasteiger partial charge in [0, 0.05) is 13.2 Å². The Morgan fingerprint density at radius 1 is 0.875 bits per heavy atom. The summed E-state index contributed by atoms with van der Waals surface area (Å²) in [6.07, 6.45) is 0. The van der Waals surface area contributed by atoms with E-state index in [4.69, 9.17) is 14.2 Å². The molecule has 0 aliphatic heterocycles. The van der Waals surface area contributed by atoms with Crippen LogP contribution in [-0.4, -0.2) is 52.7 Å². The first kappa shape index (κ1) is 15.8. The summed E-state index contributed by atoms with van der Waals surface area (Å²) in [4.78, 5) is 0. The number of hydrogen-bond acceptors (Lipinski definition) is 4. The van der Waals surface area contributed by atoms with Crippen molar-refractivity contribution in [2.24, 2.45) is 5.92 Å². The van der Waals surface area contributed by atoms with E-state index in [0.717, 1.165) is 26.3 Å². The van der Waals surface area contributed by atoms with Crippen molar-refractivity contribution in [2.75, 3.05) is 52.7 Å². The Labute approximate surface area is 99.6 Å². The maximum Gasteiger partial charge on any atom is 0.0701 e. The minimum atomic E-state index is 0.592. The molecule has 98 valence electrons. The van der Waals surface area contributed by atoms with Crippen LogP contribution in [-0.2, 0) is 14.2 Å². The van der Waals surface area contributed by atoms with E-state index >= 15 is 0 Å². The van der Waals surface area contributed by atoms with Gasteiger partial charge in [0.1, 0.15) is 0 Å². The molecule has 0 atom stereocenters. The summed E-state index contributed by atoms with van der Waals surface area (Å²) < 4.78 is 16.1. The Balaban J connectivity index is 2.88. The third-order valence-electron chi connectivity index (χ3n) is 1.87. The van der Waals surface area contributed by atoms with Gasteiger partial charge in [-0.2, -0.15) is 0 Å². The zero-order chi connectivity index (χ0) is 12.1. The Hall–Kier alpha value is -0.160. The molecule has 0 aromatic heterocycles. The van der Waals surface area contributed by atoms with Crippen molar-refractivity contribution >= 4 is 0 Å². The summed E-state index contributed by atoms with van der Waals surface area (Å²) >= 11 is 0. The van der Waals surface area contributed by atoms with Gasteiger partial charge in [0.05, 0.1) is 33.0 Å². The van der Waals surface area contributed by atoms with Gasteiger partial charge in [0.2, 0.25) is 0 Å². The lowest BCUT2D eigenvalue weighted by Gasteiger charge is -2.08. The van der Waals surface area contributed by atoms with E-state index in [0.29, 0.717) is 32.3 Å². The SMILES string of the molecule is CCNCCOCCOCCOCC(C)C. The summed E-state index contributed by atoms with van der Waals surface area (Å²) in [5, 5.41) is 3.19. The Kier molecular flexibility index (Phi) is 12.8. The Morgan fingerprint density at radius 3 is 2.00 bits per heavy atom. The fourth-order valence-electron chi connectivity index (χ4n) is 1.08. The standard InChI is InChI=1S/C12H27NO3/c1-4-13-5-6-14-7-8-15-9-10-16-11-12(2)3/h12-13H,4-11H2,1-3H3. The van der Waals surface area contributed by atoms with Crippen LogP contribution >= 0.6 is 0 Å². The van der Waals surface area contributed by atoms with Crippen LogP contribution in [0.3, 0.4) is 0 Å². The summed E-state index contributed by atoms with van der Waals surface area (Å²) in [5.41, 5.74) is 0. The highest BCUT2D eigenvalue weighted by Gasteiger charge is 1.94. The zero-order valence-electron chi connectivity index (χ0n) is 11.0. The van der Waals surface area contributed by atoms with E-state index in [1.807, 2.05) is 0 Å². The van der Waals surface area contributed by atoms with Crippen LogP contribution in [0.4, 0.5) is 0 Å². The first-order valence-electron chi connectivity index (χ1n) is 6.21. The van der Waals surface area contributed by atoms with Gasteiger partial charge < -0.3 is 19.5 Å². The number of rotatable bonds is 12. The number of ether oxygens (including phenoxy) is 3.